The summed E-state index contributed by atoms with van der Waals surface area (Å²) in [7, 11) is 0. The van der Waals surface area contributed by atoms with Gasteiger partial charge in [0.25, 0.3) is 0 Å². The van der Waals surface area contributed by atoms with Crippen molar-refractivity contribution in [2.24, 2.45) is 0 Å². The fraction of sp³-hybridized carbons (Fsp3) is 0.350. The van der Waals surface area contributed by atoms with Crippen molar-refractivity contribution in [2.75, 3.05) is 25.0 Å². The highest BCUT2D eigenvalue weighted by Gasteiger charge is 2.30. The Hall–Kier alpha value is -1.75. The van der Waals surface area contributed by atoms with Gasteiger partial charge < -0.3 is 10.2 Å². The van der Waals surface area contributed by atoms with E-state index in [9.17, 15) is 4.79 Å². The van der Waals surface area contributed by atoms with E-state index in [1.807, 2.05) is 17.9 Å². The van der Waals surface area contributed by atoms with Crippen LogP contribution in [-0.2, 0) is 6.54 Å². The van der Waals surface area contributed by atoms with Crippen LogP contribution in [0.1, 0.15) is 18.9 Å². The molecule has 0 aliphatic carbocycles. The lowest BCUT2D eigenvalue weighted by Gasteiger charge is -2.28. The van der Waals surface area contributed by atoms with Crippen LogP contribution in [0, 0.1) is 0 Å². The number of hydrogen-bond acceptors (Lipinski definition) is 2. The van der Waals surface area contributed by atoms with Crippen molar-refractivity contribution in [1.82, 2.24) is 9.80 Å². The minimum Gasteiger partial charge on any atom is -0.320 e. The minimum absolute atomic E-state index is 0.122. The molecule has 1 aliphatic heterocycles. The van der Waals surface area contributed by atoms with Gasteiger partial charge in [0.15, 0.2) is 0 Å². The maximum absolute atomic E-state index is 12.7. The second-order valence-corrected chi connectivity index (χ2v) is 7.35. The first kappa shape index (κ1) is 19.0. The highest BCUT2D eigenvalue weighted by molar-refractivity contribution is 6.36. The fourth-order valence-corrected chi connectivity index (χ4v) is 3.85. The van der Waals surface area contributed by atoms with E-state index in [0.29, 0.717) is 22.3 Å². The monoisotopic (exact) mass is 391 g/mol. The SMILES string of the molecule is CCN(C(=O)Nc1ccc(Cl)cc1Cl)C1CCN(Cc2ccccc2)C1. The highest BCUT2D eigenvalue weighted by Crippen LogP contribution is 2.26. The van der Waals surface area contributed by atoms with Crippen LogP contribution in [0.2, 0.25) is 10.0 Å². The lowest BCUT2D eigenvalue weighted by atomic mass is 10.2. The number of rotatable bonds is 5. The highest BCUT2D eigenvalue weighted by atomic mass is 35.5. The number of amides is 2. The standard InChI is InChI=1S/C20H23Cl2N3O/c1-2-25(20(26)23-19-9-8-16(21)12-18(19)22)17-10-11-24(14-17)13-15-6-4-3-5-7-15/h3-9,12,17H,2,10-11,13-14H2,1H3,(H,23,26). The molecule has 0 radical (unpaired) electrons. The maximum Gasteiger partial charge on any atom is 0.322 e. The van der Waals surface area contributed by atoms with Crippen LogP contribution in [0.15, 0.2) is 48.5 Å². The summed E-state index contributed by atoms with van der Waals surface area (Å²) in [6, 6.07) is 15.6. The van der Waals surface area contributed by atoms with Gasteiger partial charge in [-0.3, -0.25) is 4.90 Å². The predicted octanol–water partition coefficient (Wildman–Crippen LogP) is 5.12. The third-order valence-electron chi connectivity index (χ3n) is 4.71. The summed E-state index contributed by atoms with van der Waals surface area (Å²) in [6.45, 7) is 5.44. The molecule has 1 fully saturated rings. The Morgan fingerprint density at radius 2 is 2.00 bits per heavy atom. The van der Waals surface area contributed by atoms with Gasteiger partial charge in [-0.05, 0) is 37.1 Å². The molecule has 26 heavy (non-hydrogen) atoms. The number of anilines is 1. The molecule has 1 N–H and O–H groups in total. The number of carbonyl (C=O) groups excluding carboxylic acids is 1. The zero-order valence-corrected chi connectivity index (χ0v) is 16.3. The Kier molecular flexibility index (Phi) is 6.41. The summed E-state index contributed by atoms with van der Waals surface area (Å²) in [6.07, 6.45) is 0.975. The molecule has 138 valence electrons. The first-order valence-corrected chi connectivity index (χ1v) is 9.61. The smallest absolute Gasteiger partial charge is 0.320 e. The van der Waals surface area contributed by atoms with E-state index in [1.54, 1.807) is 18.2 Å². The number of nitrogens with zero attached hydrogens (tertiary/aromatic N) is 2. The first-order valence-electron chi connectivity index (χ1n) is 8.85. The predicted molar refractivity (Wildman–Crippen MR) is 108 cm³/mol. The van der Waals surface area contributed by atoms with E-state index in [0.717, 1.165) is 26.1 Å². The maximum atomic E-state index is 12.7. The Balaban J connectivity index is 1.60. The van der Waals surface area contributed by atoms with Gasteiger partial charge in [0, 0.05) is 37.2 Å². The van der Waals surface area contributed by atoms with Crippen LogP contribution in [-0.4, -0.2) is 41.5 Å². The van der Waals surface area contributed by atoms with E-state index in [2.05, 4.69) is 34.5 Å². The van der Waals surface area contributed by atoms with Gasteiger partial charge in [-0.2, -0.15) is 0 Å². The van der Waals surface area contributed by atoms with E-state index < -0.39 is 0 Å². The summed E-state index contributed by atoms with van der Waals surface area (Å²) in [5.74, 6) is 0. The van der Waals surface area contributed by atoms with Gasteiger partial charge in [-0.15, -0.1) is 0 Å². The number of benzene rings is 2. The van der Waals surface area contributed by atoms with Gasteiger partial charge in [-0.1, -0.05) is 53.5 Å². The largest absolute Gasteiger partial charge is 0.322 e. The van der Waals surface area contributed by atoms with E-state index >= 15 is 0 Å². The molecule has 1 heterocycles. The van der Waals surface area contributed by atoms with Crippen LogP contribution in [0.25, 0.3) is 0 Å². The Bertz CT molecular complexity index is 754. The normalized spacial score (nSPS) is 17.3. The molecular weight excluding hydrogens is 369 g/mol. The summed E-state index contributed by atoms with van der Waals surface area (Å²) in [5.41, 5.74) is 1.88. The van der Waals surface area contributed by atoms with Crippen molar-refractivity contribution in [3.63, 3.8) is 0 Å². The van der Waals surface area contributed by atoms with Gasteiger partial charge in [0.2, 0.25) is 0 Å². The Labute approximate surface area is 164 Å². The van der Waals surface area contributed by atoms with Crippen LogP contribution in [0.5, 0.6) is 0 Å². The molecule has 2 amide bonds. The number of hydrogen-bond donors (Lipinski definition) is 1. The van der Waals surface area contributed by atoms with Crippen LogP contribution < -0.4 is 5.32 Å². The number of halogens is 2. The van der Waals surface area contributed by atoms with Gasteiger partial charge in [0.1, 0.15) is 0 Å². The molecular formula is C20H23Cl2N3O. The van der Waals surface area contributed by atoms with Crippen molar-refractivity contribution in [3.05, 3.63) is 64.1 Å². The summed E-state index contributed by atoms with van der Waals surface area (Å²) < 4.78 is 0. The topological polar surface area (TPSA) is 35.6 Å². The molecule has 1 unspecified atom stereocenters. The average molecular weight is 392 g/mol. The van der Waals surface area contributed by atoms with Gasteiger partial charge in [0.05, 0.1) is 10.7 Å². The fourth-order valence-electron chi connectivity index (χ4n) is 3.40. The lowest BCUT2D eigenvalue weighted by molar-refractivity contribution is 0.189. The summed E-state index contributed by atoms with van der Waals surface area (Å²) in [4.78, 5) is 17.0. The quantitative estimate of drug-likeness (QED) is 0.767. The van der Waals surface area contributed by atoms with E-state index in [-0.39, 0.29) is 12.1 Å². The third kappa shape index (κ3) is 4.70. The molecule has 1 atom stereocenters. The van der Waals surface area contributed by atoms with Gasteiger partial charge >= 0.3 is 6.03 Å². The van der Waals surface area contributed by atoms with Crippen LogP contribution in [0.3, 0.4) is 0 Å². The summed E-state index contributed by atoms with van der Waals surface area (Å²) in [5, 5.41) is 3.90. The third-order valence-corrected chi connectivity index (χ3v) is 5.26. The van der Waals surface area contributed by atoms with E-state index in [4.69, 9.17) is 23.2 Å². The Morgan fingerprint density at radius 1 is 1.23 bits per heavy atom. The van der Waals surface area contributed by atoms with E-state index in [1.165, 1.54) is 5.56 Å². The molecule has 1 aliphatic rings. The molecule has 0 spiro atoms. The number of urea groups is 1. The van der Waals surface area contributed by atoms with Crippen molar-refractivity contribution >= 4 is 34.9 Å². The molecule has 4 nitrogen and oxygen atoms in total. The number of carbonyl (C=O) groups is 1. The van der Waals surface area contributed by atoms with Crippen molar-refractivity contribution < 1.29 is 4.79 Å². The molecule has 6 heteroatoms. The second-order valence-electron chi connectivity index (χ2n) is 6.50. The number of nitrogens with one attached hydrogen (secondary N) is 1. The minimum atomic E-state index is -0.122. The average Bonchev–Trinajstić information content (AvgIpc) is 3.07. The second kappa shape index (κ2) is 8.76. The molecule has 0 aromatic heterocycles. The molecule has 0 saturated carbocycles. The summed E-state index contributed by atoms with van der Waals surface area (Å²) >= 11 is 12.1. The lowest BCUT2D eigenvalue weighted by Crippen LogP contribution is -2.44. The van der Waals surface area contributed by atoms with Crippen LogP contribution in [0.4, 0.5) is 10.5 Å². The van der Waals surface area contributed by atoms with Crippen molar-refractivity contribution in [3.8, 4) is 0 Å². The zero-order valence-electron chi connectivity index (χ0n) is 14.8. The molecule has 2 aromatic rings. The van der Waals surface area contributed by atoms with Crippen molar-refractivity contribution in [1.29, 1.82) is 0 Å². The Morgan fingerprint density at radius 3 is 2.69 bits per heavy atom. The molecule has 2 aromatic carbocycles. The van der Waals surface area contributed by atoms with Crippen molar-refractivity contribution in [2.45, 2.75) is 25.9 Å². The molecule has 1 saturated heterocycles. The zero-order chi connectivity index (χ0) is 18.5. The number of likely N-dealkylation sites (N-methyl/N-ethyl adjacent to an activating group) is 1. The van der Waals surface area contributed by atoms with Gasteiger partial charge in [-0.25, -0.2) is 4.79 Å². The molecule has 3 rings (SSSR count). The number of likely N-dealkylation sites (tertiary alicyclic amines) is 1. The molecule has 0 bridgehead atoms. The van der Waals surface area contributed by atoms with Crippen LogP contribution >= 0.6 is 23.2 Å². The first-order chi connectivity index (χ1) is 12.6.